The van der Waals surface area contributed by atoms with Gasteiger partial charge in [0.1, 0.15) is 22.3 Å². The Labute approximate surface area is 326 Å². The number of nitrogens with zero attached hydrogens (tertiary/aromatic N) is 1. The molecule has 11 rings (SSSR count). The molecule has 0 aliphatic heterocycles. The molecular weight excluding hydrogens is 647 g/mol. The van der Waals surface area contributed by atoms with Crippen molar-refractivity contribution >= 4 is 82.5 Å². The monoisotopic (exact) mass is 692 g/mol. The first-order chi connectivity index (χ1) is 32.5. The van der Waals surface area contributed by atoms with Crippen LogP contribution in [0, 0.1) is 0 Å². The second-order valence-corrected chi connectivity index (χ2v) is 12.5. The number of benzene rings is 9. The van der Waals surface area contributed by atoms with Gasteiger partial charge in [0, 0.05) is 38.5 Å². The second-order valence-electron chi connectivity index (χ2n) is 12.5. The molecule has 0 spiro atoms. The van der Waals surface area contributed by atoms with Crippen LogP contribution in [0.25, 0.3) is 87.7 Å². The average molecular weight is 693 g/mol. The summed E-state index contributed by atoms with van der Waals surface area (Å²) in [6.07, 6.45) is 0. The Bertz CT molecular complexity index is 4040. The number of anilines is 3. The van der Waals surface area contributed by atoms with Gasteiger partial charge in [0.15, 0.2) is 0 Å². The van der Waals surface area contributed by atoms with Crippen LogP contribution in [0.2, 0.25) is 0 Å². The molecule has 0 atom stereocenters. The molecule has 9 aromatic carbocycles. The fourth-order valence-electron chi connectivity index (χ4n) is 7.05. The first kappa shape index (κ1) is 18.4. The summed E-state index contributed by atoms with van der Waals surface area (Å²) in [5, 5.41) is 3.14. The van der Waals surface area contributed by atoms with Gasteiger partial charge in [-0.3, -0.25) is 0 Å². The Kier molecular flexibility index (Phi) is 4.07. The predicted octanol–water partition coefficient (Wildman–Crippen LogP) is 14.6. The van der Waals surface area contributed by atoms with E-state index in [2.05, 4.69) is 0 Å². The van der Waals surface area contributed by atoms with Crippen LogP contribution in [0.1, 0.15) is 20.6 Å². The Morgan fingerprint density at radius 2 is 1.17 bits per heavy atom. The van der Waals surface area contributed by atoms with Gasteiger partial charge in [-0.1, -0.05) is 133 Å². The molecule has 2 heterocycles. The van der Waals surface area contributed by atoms with Gasteiger partial charge in [-0.15, -0.1) is 0 Å². The van der Waals surface area contributed by atoms with Crippen molar-refractivity contribution in [3.8, 4) is 22.3 Å². The summed E-state index contributed by atoms with van der Waals surface area (Å²) in [5.74, 6) is 0. The summed E-state index contributed by atoms with van der Waals surface area (Å²) >= 11 is 0. The van der Waals surface area contributed by atoms with Crippen LogP contribution < -0.4 is 4.90 Å². The van der Waals surface area contributed by atoms with E-state index in [0.29, 0.717) is 38.5 Å². The highest BCUT2D eigenvalue weighted by molar-refractivity contribution is 6.19. The largest absolute Gasteiger partial charge is 0.455 e. The maximum absolute atomic E-state index is 10.0. The van der Waals surface area contributed by atoms with E-state index in [0.717, 1.165) is 16.2 Å². The van der Waals surface area contributed by atoms with Gasteiger partial charge in [0.25, 0.3) is 0 Å². The van der Waals surface area contributed by atoms with Crippen molar-refractivity contribution in [2.75, 3.05) is 4.90 Å². The Hall–Kier alpha value is -7.10. The molecule has 53 heavy (non-hydrogen) atoms. The molecule has 0 N–H and O–H groups in total. The Balaban J connectivity index is 1.27. The fourth-order valence-corrected chi connectivity index (χ4v) is 7.05. The molecule has 0 saturated heterocycles. The van der Waals surface area contributed by atoms with Crippen molar-refractivity contribution in [3.63, 3.8) is 0 Å². The molecule has 3 heteroatoms. The fraction of sp³-hybridized carbons (Fsp3) is 0. The van der Waals surface area contributed by atoms with E-state index in [1.54, 1.807) is 42.5 Å². The maximum Gasteiger partial charge on any atom is 0.143 e. The molecule has 3 nitrogen and oxygen atoms in total. The van der Waals surface area contributed by atoms with E-state index in [1.165, 1.54) is 4.90 Å². The highest BCUT2D eigenvalue weighted by atomic mass is 16.3. The van der Waals surface area contributed by atoms with E-state index in [1.807, 2.05) is 54.6 Å². The molecule has 0 amide bonds. The van der Waals surface area contributed by atoms with E-state index in [4.69, 9.17) is 17.1 Å². The SMILES string of the molecule is [2H]c1c([2H])c(-c2cccc3c2oc2ccccc23)c([2H])c(N(c2c([2H])c([2H])c(-c3c([2H])c([2H])c4c([2H])c([2H])c([2H])c([2H])c4c3[2H])c([2H])c2[2H])c2cccc3oc4c5ccccc5ccc4c23)c1[2H]. The molecule has 0 aliphatic rings. The third-order valence-corrected chi connectivity index (χ3v) is 9.45. The lowest BCUT2D eigenvalue weighted by molar-refractivity contribution is 0.670. The van der Waals surface area contributed by atoms with Gasteiger partial charge in [0.2, 0.25) is 0 Å². The highest BCUT2D eigenvalue weighted by Crippen LogP contribution is 2.46. The quantitative estimate of drug-likeness (QED) is 0.180. The summed E-state index contributed by atoms with van der Waals surface area (Å²) in [6, 6.07) is 18.3. The number of fused-ring (bicyclic) bond motifs is 9. The molecule has 11 aromatic rings. The van der Waals surface area contributed by atoms with E-state index in [9.17, 15) is 12.3 Å². The molecular formula is C50H31NO2. The van der Waals surface area contributed by atoms with E-state index >= 15 is 0 Å². The normalized spacial score (nSPS) is 15.7. The first-order valence-corrected chi connectivity index (χ1v) is 16.8. The van der Waals surface area contributed by atoms with Gasteiger partial charge < -0.3 is 13.7 Å². The maximum atomic E-state index is 10.0. The van der Waals surface area contributed by atoms with Crippen LogP contribution in [-0.4, -0.2) is 0 Å². The number of hydrogen-bond acceptors (Lipinski definition) is 3. The van der Waals surface area contributed by atoms with Crippen LogP contribution in [0.4, 0.5) is 17.1 Å². The van der Waals surface area contributed by atoms with Crippen LogP contribution >= 0.6 is 0 Å². The molecule has 248 valence electrons. The van der Waals surface area contributed by atoms with E-state index < -0.39 is 118 Å². The van der Waals surface area contributed by atoms with E-state index in [-0.39, 0.29) is 22.5 Å². The minimum atomic E-state index is -0.809. The van der Waals surface area contributed by atoms with Crippen LogP contribution in [0.15, 0.2) is 197 Å². The zero-order chi connectivity index (χ0) is 47.9. The number of hydrogen-bond donors (Lipinski definition) is 0. The Morgan fingerprint density at radius 3 is 2.09 bits per heavy atom. The van der Waals surface area contributed by atoms with Crippen LogP contribution in [0.3, 0.4) is 0 Å². The number of para-hydroxylation sites is 2. The predicted molar refractivity (Wildman–Crippen MR) is 222 cm³/mol. The third kappa shape index (κ3) is 4.75. The minimum absolute atomic E-state index is 0.112. The van der Waals surface area contributed by atoms with Crippen LogP contribution in [-0.2, 0) is 0 Å². The van der Waals surface area contributed by atoms with Crippen molar-refractivity contribution in [3.05, 3.63) is 188 Å². The molecule has 0 radical (unpaired) electrons. The molecule has 0 aliphatic carbocycles. The average Bonchev–Trinajstić information content (AvgIpc) is 3.93. The van der Waals surface area contributed by atoms with Crippen molar-refractivity contribution in [2.24, 2.45) is 0 Å². The van der Waals surface area contributed by atoms with Crippen molar-refractivity contribution in [2.45, 2.75) is 0 Å². The molecule has 2 aromatic heterocycles. The summed E-state index contributed by atoms with van der Waals surface area (Å²) < 4.78 is 150. The third-order valence-electron chi connectivity index (χ3n) is 9.45. The number of rotatable bonds is 5. The van der Waals surface area contributed by atoms with Gasteiger partial charge in [-0.05, 0) is 87.3 Å². The topological polar surface area (TPSA) is 29.5 Å². The van der Waals surface area contributed by atoms with Gasteiger partial charge in [-0.25, -0.2) is 0 Å². The number of furan rings is 2. The van der Waals surface area contributed by atoms with Gasteiger partial charge in [-0.2, -0.15) is 0 Å². The molecule has 0 unspecified atom stereocenters. The molecule has 0 bridgehead atoms. The summed E-state index contributed by atoms with van der Waals surface area (Å²) in [4.78, 5) is 1.19. The Morgan fingerprint density at radius 1 is 0.415 bits per heavy atom. The van der Waals surface area contributed by atoms with Crippen LogP contribution in [0.5, 0.6) is 0 Å². The van der Waals surface area contributed by atoms with Gasteiger partial charge >= 0.3 is 0 Å². The highest BCUT2D eigenvalue weighted by Gasteiger charge is 2.21. The smallest absolute Gasteiger partial charge is 0.143 e. The first-order valence-electron chi connectivity index (χ1n) is 24.3. The standard InChI is InChI=1S/C50H31NO2/c1-2-12-35-30-36(23-22-32(35)10-1)33-24-27-38(28-25-33)51(45-19-9-21-47-48(45)44-29-26-34-11-3-4-15-40(34)50(44)53-47)39-14-7-13-37(31-39)41-17-8-18-43-42-16-5-6-20-46(42)52-49(41)43/h1-31H/i1D,2D,7D,10D,12D,13D,14D,22D,23D,24D,25D,27D,28D,30D,31D. The summed E-state index contributed by atoms with van der Waals surface area (Å²) in [5.41, 5.74) is -0.177. The summed E-state index contributed by atoms with van der Waals surface area (Å²) in [6.45, 7) is 0. The lowest BCUT2D eigenvalue weighted by Gasteiger charge is -2.27. The lowest BCUT2D eigenvalue weighted by atomic mass is 9.99. The van der Waals surface area contributed by atoms with Crippen molar-refractivity contribution in [1.82, 2.24) is 0 Å². The molecule has 0 fully saturated rings. The zero-order valence-electron chi connectivity index (χ0n) is 42.5. The van der Waals surface area contributed by atoms with Crippen molar-refractivity contribution in [1.29, 1.82) is 0 Å². The summed E-state index contributed by atoms with van der Waals surface area (Å²) in [7, 11) is 0. The minimum Gasteiger partial charge on any atom is -0.455 e. The lowest BCUT2D eigenvalue weighted by Crippen LogP contribution is -2.10. The van der Waals surface area contributed by atoms with Gasteiger partial charge in [0.05, 0.1) is 31.6 Å². The molecule has 0 saturated carbocycles. The van der Waals surface area contributed by atoms with Crippen molar-refractivity contribution < 1.29 is 29.4 Å². The second kappa shape index (κ2) is 11.7. The zero-order valence-corrected chi connectivity index (χ0v) is 27.5.